The molecule has 5 nitrogen and oxygen atoms in total. The highest BCUT2D eigenvalue weighted by molar-refractivity contribution is 5.58. The first-order valence-electron chi connectivity index (χ1n) is 7.69. The van der Waals surface area contributed by atoms with Crippen molar-refractivity contribution in [3.05, 3.63) is 28.3 Å². The lowest BCUT2D eigenvalue weighted by molar-refractivity contribution is -0.386. The summed E-state index contributed by atoms with van der Waals surface area (Å²) >= 11 is 0. The van der Waals surface area contributed by atoms with Crippen LogP contribution in [0.25, 0.3) is 0 Å². The predicted octanol–water partition coefficient (Wildman–Crippen LogP) is 4.37. The van der Waals surface area contributed by atoms with Gasteiger partial charge in [0, 0.05) is 23.9 Å². The molecule has 0 bridgehead atoms. The molecule has 1 aliphatic carbocycles. The molecule has 0 amide bonds. The zero-order valence-corrected chi connectivity index (χ0v) is 13.0. The molecule has 5 heteroatoms. The molecule has 1 aliphatic rings. The lowest BCUT2D eigenvalue weighted by Gasteiger charge is -2.22. The van der Waals surface area contributed by atoms with Crippen molar-refractivity contribution >= 4 is 11.4 Å². The van der Waals surface area contributed by atoms with Gasteiger partial charge in [0.05, 0.1) is 11.0 Å². The number of nitrogens with one attached hydrogen (secondary N) is 1. The van der Waals surface area contributed by atoms with Crippen LogP contribution in [0.15, 0.2) is 18.2 Å². The van der Waals surface area contributed by atoms with Gasteiger partial charge in [0.2, 0.25) is 0 Å². The third kappa shape index (κ3) is 4.09. The fraction of sp³-hybridized carbons (Fsp3) is 0.625. The molecule has 0 spiro atoms. The number of hydrogen-bond acceptors (Lipinski definition) is 4. The Morgan fingerprint density at radius 3 is 2.52 bits per heavy atom. The lowest BCUT2D eigenvalue weighted by Crippen LogP contribution is -2.23. The van der Waals surface area contributed by atoms with Gasteiger partial charge < -0.3 is 10.1 Å². The van der Waals surface area contributed by atoms with E-state index in [-0.39, 0.29) is 11.8 Å². The Morgan fingerprint density at radius 2 is 1.95 bits per heavy atom. The maximum absolute atomic E-state index is 11.1. The molecule has 1 fully saturated rings. The Morgan fingerprint density at radius 1 is 1.29 bits per heavy atom. The van der Waals surface area contributed by atoms with Gasteiger partial charge in [0.1, 0.15) is 0 Å². The zero-order valence-electron chi connectivity index (χ0n) is 13.0. The van der Waals surface area contributed by atoms with E-state index in [0.29, 0.717) is 17.7 Å². The smallest absolute Gasteiger partial charge is 0.311 e. The first-order chi connectivity index (χ1) is 9.97. The second-order valence-electron chi connectivity index (χ2n) is 6.08. The average Bonchev–Trinajstić information content (AvgIpc) is 2.91. The third-order valence-electron chi connectivity index (χ3n) is 4.02. The van der Waals surface area contributed by atoms with Crippen molar-refractivity contribution in [2.75, 3.05) is 5.32 Å². The standard InChI is InChI=1S/C16H24N2O3/c1-11(2)21-16-10-14(8-9-15(16)18(19)20)17-12(3)13-6-4-5-7-13/h8-13,17H,4-7H2,1-3H3. The Labute approximate surface area is 125 Å². The molecule has 0 saturated heterocycles. The largest absolute Gasteiger partial charge is 0.484 e. The summed E-state index contributed by atoms with van der Waals surface area (Å²) in [5, 5.41) is 14.5. The van der Waals surface area contributed by atoms with Crippen LogP contribution in [0.5, 0.6) is 5.75 Å². The summed E-state index contributed by atoms with van der Waals surface area (Å²) in [7, 11) is 0. The monoisotopic (exact) mass is 292 g/mol. The first kappa shape index (κ1) is 15.6. The van der Waals surface area contributed by atoms with Gasteiger partial charge in [-0.15, -0.1) is 0 Å². The molecule has 1 aromatic carbocycles. The summed E-state index contributed by atoms with van der Waals surface area (Å²) in [5.41, 5.74) is 0.901. The van der Waals surface area contributed by atoms with Gasteiger partial charge in [-0.05, 0) is 45.6 Å². The minimum absolute atomic E-state index is 0.0165. The van der Waals surface area contributed by atoms with Crippen LogP contribution in [0.4, 0.5) is 11.4 Å². The van der Waals surface area contributed by atoms with E-state index in [0.717, 1.165) is 5.69 Å². The molecule has 1 N–H and O–H groups in total. The van der Waals surface area contributed by atoms with Crippen molar-refractivity contribution in [3.8, 4) is 5.75 Å². The Hall–Kier alpha value is -1.78. The summed E-state index contributed by atoms with van der Waals surface area (Å²) in [6.45, 7) is 5.91. The van der Waals surface area contributed by atoms with Crippen molar-refractivity contribution < 1.29 is 9.66 Å². The first-order valence-corrected chi connectivity index (χ1v) is 7.69. The summed E-state index contributed by atoms with van der Waals surface area (Å²) in [6.07, 6.45) is 5.04. The third-order valence-corrected chi connectivity index (χ3v) is 4.02. The van der Waals surface area contributed by atoms with E-state index in [1.165, 1.54) is 31.7 Å². The van der Waals surface area contributed by atoms with Gasteiger partial charge in [0.25, 0.3) is 0 Å². The Bertz CT molecular complexity index is 496. The zero-order chi connectivity index (χ0) is 15.4. The van der Waals surface area contributed by atoms with E-state index in [9.17, 15) is 10.1 Å². The van der Waals surface area contributed by atoms with Crippen LogP contribution in [0, 0.1) is 16.0 Å². The molecule has 0 aliphatic heterocycles. The number of hydrogen-bond donors (Lipinski definition) is 1. The predicted molar refractivity (Wildman–Crippen MR) is 83.9 cm³/mol. The van der Waals surface area contributed by atoms with Gasteiger partial charge in [-0.2, -0.15) is 0 Å². The molecule has 2 rings (SSSR count). The van der Waals surface area contributed by atoms with Gasteiger partial charge >= 0.3 is 5.69 Å². The fourth-order valence-corrected chi connectivity index (χ4v) is 2.94. The van der Waals surface area contributed by atoms with Gasteiger partial charge in [0.15, 0.2) is 5.75 Å². The molecule has 0 aromatic heterocycles. The normalized spacial score (nSPS) is 17.0. The van der Waals surface area contributed by atoms with E-state index in [2.05, 4.69) is 12.2 Å². The maximum atomic E-state index is 11.1. The summed E-state index contributed by atoms with van der Waals surface area (Å²) < 4.78 is 5.57. The number of benzene rings is 1. The average molecular weight is 292 g/mol. The van der Waals surface area contributed by atoms with E-state index < -0.39 is 4.92 Å². The Kier molecular flexibility index (Phi) is 5.04. The van der Waals surface area contributed by atoms with Crippen molar-refractivity contribution in [1.82, 2.24) is 0 Å². The summed E-state index contributed by atoms with van der Waals surface area (Å²) in [4.78, 5) is 10.7. The highest BCUT2D eigenvalue weighted by Crippen LogP contribution is 2.33. The number of nitrogens with zero attached hydrogens (tertiary/aromatic N) is 1. The van der Waals surface area contributed by atoms with Crippen molar-refractivity contribution in [2.45, 2.75) is 58.6 Å². The minimum Gasteiger partial charge on any atom is -0.484 e. The highest BCUT2D eigenvalue weighted by atomic mass is 16.6. The molecular weight excluding hydrogens is 268 g/mol. The fourth-order valence-electron chi connectivity index (χ4n) is 2.94. The molecule has 21 heavy (non-hydrogen) atoms. The van der Waals surface area contributed by atoms with Gasteiger partial charge in [-0.3, -0.25) is 10.1 Å². The summed E-state index contributed by atoms with van der Waals surface area (Å²) in [5.74, 6) is 1.02. The number of anilines is 1. The number of nitro groups is 1. The van der Waals surface area contributed by atoms with E-state index in [1.807, 2.05) is 13.8 Å². The molecule has 0 heterocycles. The van der Waals surface area contributed by atoms with Gasteiger partial charge in [-0.25, -0.2) is 0 Å². The van der Waals surface area contributed by atoms with Crippen LogP contribution in [-0.2, 0) is 0 Å². The molecule has 1 saturated carbocycles. The van der Waals surface area contributed by atoms with E-state index in [4.69, 9.17) is 4.74 Å². The maximum Gasteiger partial charge on any atom is 0.311 e. The van der Waals surface area contributed by atoms with Crippen LogP contribution in [-0.4, -0.2) is 17.1 Å². The topological polar surface area (TPSA) is 64.4 Å². The van der Waals surface area contributed by atoms with Crippen LogP contribution < -0.4 is 10.1 Å². The molecule has 1 aromatic rings. The van der Waals surface area contributed by atoms with Crippen molar-refractivity contribution in [1.29, 1.82) is 0 Å². The lowest BCUT2D eigenvalue weighted by atomic mass is 9.99. The van der Waals surface area contributed by atoms with E-state index >= 15 is 0 Å². The number of rotatable bonds is 6. The Balaban J connectivity index is 2.14. The SMILES string of the molecule is CC(C)Oc1cc(NC(C)C2CCCC2)ccc1[N+](=O)[O-]. The second kappa shape index (κ2) is 6.78. The van der Waals surface area contributed by atoms with Crippen LogP contribution in [0.2, 0.25) is 0 Å². The number of ether oxygens (including phenoxy) is 1. The number of nitro benzene ring substituents is 1. The molecule has 0 radical (unpaired) electrons. The van der Waals surface area contributed by atoms with Crippen LogP contribution in [0.1, 0.15) is 46.5 Å². The minimum atomic E-state index is -0.401. The molecule has 1 unspecified atom stereocenters. The van der Waals surface area contributed by atoms with Crippen LogP contribution in [0.3, 0.4) is 0 Å². The summed E-state index contributed by atoms with van der Waals surface area (Å²) in [6, 6.07) is 5.39. The van der Waals surface area contributed by atoms with Crippen molar-refractivity contribution in [2.24, 2.45) is 5.92 Å². The molecular formula is C16H24N2O3. The van der Waals surface area contributed by atoms with Gasteiger partial charge in [-0.1, -0.05) is 12.8 Å². The van der Waals surface area contributed by atoms with Crippen molar-refractivity contribution in [3.63, 3.8) is 0 Å². The molecule has 1 atom stereocenters. The quantitative estimate of drug-likeness (QED) is 0.624. The van der Waals surface area contributed by atoms with Crippen LogP contribution >= 0.6 is 0 Å². The van der Waals surface area contributed by atoms with E-state index in [1.54, 1.807) is 12.1 Å². The highest BCUT2D eigenvalue weighted by Gasteiger charge is 2.22. The second-order valence-corrected chi connectivity index (χ2v) is 6.08. The molecule has 116 valence electrons.